The molecule has 0 spiro atoms. The summed E-state index contributed by atoms with van der Waals surface area (Å²) in [6.45, 7) is 1.92. The molecule has 15 heavy (non-hydrogen) atoms. The van der Waals surface area contributed by atoms with Gasteiger partial charge in [0.15, 0.2) is 0 Å². The van der Waals surface area contributed by atoms with Crippen LogP contribution in [-0.4, -0.2) is 24.5 Å². The van der Waals surface area contributed by atoms with E-state index in [1.165, 1.54) is 0 Å². The van der Waals surface area contributed by atoms with Crippen molar-refractivity contribution >= 4 is 11.8 Å². The lowest BCUT2D eigenvalue weighted by molar-refractivity contribution is -0.148. The first kappa shape index (κ1) is 9.71. The summed E-state index contributed by atoms with van der Waals surface area (Å²) in [5.74, 6) is -0.511. The molecule has 1 aromatic rings. The van der Waals surface area contributed by atoms with Crippen LogP contribution < -0.4 is 4.74 Å². The molecule has 0 N–H and O–H groups in total. The number of hydrogen-bond acceptors (Lipinski definition) is 4. The van der Waals surface area contributed by atoms with E-state index in [-0.39, 0.29) is 12.4 Å². The van der Waals surface area contributed by atoms with E-state index in [0.29, 0.717) is 11.3 Å². The average molecular weight is 206 g/mol. The van der Waals surface area contributed by atoms with Gasteiger partial charge < -0.3 is 9.47 Å². The minimum atomic E-state index is -1.12. The molecular formula is C11H10O4. The van der Waals surface area contributed by atoms with Crippen molar-refractivity contribution in [3.63, 3.8) is 0 Å². The number of carbonyl (C=O) groups is 2. The van der Waals surface area contributed by atoms with Crippen molar-refractivity contribution in [3.8, 4) is 5.75 Å². The van der Waals surface area contributed by atoms with Crippen LogP contribution in [0.5, 0.6) is 5.75 Å². The number of ketones is 1. The van der Waals surface area contributed by atoms with Crippen molar-refractivity contribution < 1.29 is 19.1 Å². The highest BCUT2D eigenvalue weighted by Gasteiger charge is 2.38. The van der Waals surface area contributed by atoms with Crippen LogP contribution in [0.4, 0.5) is 0 Å². The summed E-state index contributed by atoms with van der Waals surface area (Å²) in [6, 6.07) is 6.77. The van der Waals surface area contributed by atoms with Crippen LogP contribution in [0.1, 0.15) is 17.3 Å². The first-order valence-electron chi connectivity index (χ1n) is 4.70. The number of fused-ring (bicyclic) bond motifs is 1. The van der Waals surface area contributed by atoms with E-state index >= 15 is 0 Å². The zero-order valence-corrected chi connectivity index (χ0v) is 8.23. The van der Waals surface area contributed by atoms with Crippen molar-refractivity contribution in [3.05, 3.63) is 29.8 Å². The molecule has 1 atom stereocenters. The van der Waals surface area contributed by atoms with Crippen molar-refractivity contribution in [2.24, 2.45) is 0 Å². The molecule has 0 amide bonds. The molecule has 78 valence electrons. The van der Waals surface area contributed by atoms with E-state index in [1.54, 1.807) is 31.2 Å². The van der Waals surface area contributed by atoms with Crippen LogP contribution >= 0.6 is 0 Å². The number of benzene rings is 1. The first-order chi connectivity index (χ1) is 7.24. The van der Waals surface area contributed by atoms with Gasteiger partial charge in [-0.15, -0.1) is 0 Å². The normalized spacial score (nSPS) is 18.2. The molecular weight excluding hydrogens is 196 g/mol. The number of hydrogen-bond donors (Lipinski definition) is 0. The number of esters is 1. The summed E-state index contributed by atoms with van der Waals surface area (Å²) in [7, 11) is 0. The molecule has 1 aromatic carbocycles. The van der Waals surface area contributed by atoms with E-state index in [9.17, 15) is 9.59 Å². The molecule has 1 heterocycles. The van der Waals surface area contributed by atoms with Crippen LogP contribution in [0, 0.1) is 0 Å². The van der Waals surface area contributed by atoms with Crippen LogP contribution in [0.25, 0.3) is 0 Å². The molecule has 0 aromatic heterocycles. The lowest BCUT2D eigenvalue weighted by Gasteiger charge is -2.07. The topological polar surface area (TPSA) is 52.6 Å². The average Bonchev–Trinajstić information content (AvgIpc) is 2.57. The third-order valence-electron chi connectivity index (χ3n) is 2.14. The summed E-state index contributed by atoms with van der Waals surface area (Å²) in [5, 5.41) is 0. The predicted octanol–water partition coefficient (Wildman–Crippen LogP) is 1.19. The summed E-state index contributed by atoms with van der Waals surface area (Å²) in [4.78, 5) is 23.0. The fraction of sp³-hybridized carbons (Fsp3) is 0.273. The minimum Gasteiger partial charge on any atom is -0.470 e. The first-order valence-corrected chi connectivity index (χ1v) is 4.70. The Balaban J connectivity index is 2.24. The van der Waals surface area contributed by atoms with Crippen molar-refractivity contribution in [1.29, 1.82) is 0 Å². The zero-order valence-electron chi connectivity index (χ0n) is 8.23. The number of Topliss-reactive ketones (excluding diaryl/α,β-unsaturated/α-hetero) is 1. The van der Waals surface area contributed by atoms with Gasteiger partial charge in [-0.25, -0.2) is 4.79 Å². The summed E-state index contributed by atoms with van der Waals surface area (Å²) >= 11 is 0. The van der Waals surface area contributed by atoms with Gasteiger partial charge in [-0.05, 0) is 19.1 Å². The molecule has 0 radical (unpaired) electrons. The Bertz CT molecular complexity index is 411. The second-order valence-corrected chi connectivity index (χ2v) is 3.11. The molecule has 1 aliphatic rings. The Kier molecular flexibility index (Phi) is 2.41. The van der Waals surface area contributed by atoms with Crippen molar-refractivity contribution in [2.75, 3.05) is 6.61 Å². The largest absolute Gasteiger partial charge is 0.470 e. The second kappa shape index (κ2) is 3.73. The van der Waals surface area contributed by atoms with E-state index in [4.69, 9.17) is 9.47 Å². The SMILES string of the molecule is CCOC(=O)C1Oc2ccccc2C1=O. The highest BCUT2D eigenvalue weighted by atomic mass is 16.6. The zero-order chi connectivity index (χ0) is 10.8. The smallest absolute Gasteiger partial charge is 0.355 e. The lowest BCUT2D eigenvalue weighted by Crippen LogP contribution is -2.32. The Morgan fingerprint density at radius 3 is 2.87 bits per heavy atom. The number of ether oxygens (including phenoxy) is 2. The number of carbonyl (C=O) groups excluding carboxylic acids is 2. The quantitative estimate of drug-likeness (QED) is 0.538. The van der Waals surface area contributed by atoms with Gasteiger partial charge in [-0.3, -0.25) is 4.79 Å². The maximum atomic E-state index is 11.7. The molecule has 0 bridgehead atoms. The van der Waals surface area contributed by atoms with Crippen LogP contribution in [0.15, 0.2) is 24.3 Å². The van der Waals surface area contributed by atoms with Gasteiger partial charge in [0, 0.05) is 0 Å². The van der Waals surface area contributed by atoms with Crippen molar-refractivity contribution in [2.45, 2.75) is 13.0 Å². The van der Waals surface area contributed by atoms with Gasteiger partial charge in [-0.2, -0.15) is 0 Å². The van der Waals surface area contributed by atoms with Gasteiger partial charge in [0.2, 0.25) is 5.78 Å². The van der Waals surface area contributed by atoms with E-state index < -0.39 is 12.1 Å². The van der Waals surface area contributed by atoms with Crippen LogP contribution in [0.3, 0.4) is 0 Å². The third-order valence-corrected chi connectivity index (χ3v) is 2.14. The molecule has 0 aliphatic carbocycles. The fourth-order valence-corrected chi connectivity index (χ4v) is 1.47. The fourth-order valence-electron chi connectivity index (χ4n) is 1.47. The molecule has 4 nitrogen and oxygen atoms in total. The van der Waals surface area contributed by atoms with Gasteiger partial charge in [0.05, 0.1) is 12.2 Å². The summed E-state index contributed by atoms with van der Waals surface area (Å²) < 4.78 is 9.95. The highest BCUT2D eigenvalue weighted by molar-refractivity contribution is 6.15. The lowest BCUT2D eigenvalue weighted by atomic mass is 10.1. The Morgan fingerprint density at radius 2 is 2.20 bits per heavy atom. The van der Waals surface area contributed by atoms with Crippen LogP contribution in [-0.2, 0) is 9.53 Å². The Hall–Kier alpha value is -1.84. The standard InChI is InChI=1S/C11H10O4/c1-2-14-11(13)10-9(12)7-5-3-4-6-8(7)15-10/h3-6,10H,2H2,1H3. The number of para-hydroxylation sites is 1. The van der Waals surface area contributed by atoms with Gasteiger partial charge >= 0.3 is 5.97 Å². The second-order valence-electron chi connectivity index (χ2n) is 3.11. The molecule has 2 rings (SSSR count). The van der Waals surface area contributed by atoms with E-state index in [2.05, 4.69) is 0 Å². The highest BCUT2D eigenvalue weighted by Crippen LogP contribution is 2.28. The predicted molar refractivity (Wildman–Crippen MR) is 51.8 cm³/mol. The molecule has 0 fully saturated rings. The van der Waals surface area contributed by atoms with Crippen LogP contribution in [0.2, 0.25) is 0 Å². The van der Waals surface area contributed by atoms with E-state index in [1.807, 2.05) is 0 Å². The molecule has 4 heteroatoms. The number of rotatable bonds is 2. The Morgan fingerprint density at radius 1 is 1.47 bits per heavy atom. The third kappa shape index (κ3) is 1.58. The summed E-state index contributed by atoms with van der Waals surface area (Å²) in [6.07, 6.45) is -1.12. The van der Waals surface area contributed by atoms with Gasteiger partial charge in [0.25, 0.3) is 6.10 Å². The van der Waals surface area contributed by atoms with E-state index in [0.717, 1.165) is 0 Å². The van der Waals surface area contributed by atoms with Crippen molar-refractivity contribution in [1.82, 2.24) is 0 Å². The summed E-state index contributed by atoms with van der Waals surface area (Å²) in [5.41, 5.74) is 0.440. The Labute approximate surface area is 86.8 Å². The molecule has 0 saturated heterocycles. The molecule has 0 saturated carbocycles. The molecule has 1 aliphatic heterocycles. The molecule has 1 unspecified atom stereocenters. The maximum absolute atomic E-state index is 11.7. The van der Waals surface area contributed by atoms with Gasteiger partial charge in [-0.1, -0.05) is 12.1 Å². The van der Waals surface area contributed by atoms with Gasteiger partial charge in [0.1, 0.15) is 5.75 Å². The maximum Gasteiger partial charge on any atom is 0.355 e. The monoisotopic (exact) mass is 206 g/mol. The minimum absolute atomic E-state index is 0.238.